The van der Waals surface area contributed by atoms with Gasteiger partial charge in [-0.3, -0.25) is 0 Å². The van der Waals surface area contributed by atoms with Crippen molar-refractivity contribution in [1.29, 1.82) is 0 Å². The minimum atomic E-state index is -3.47. The summed E-state index contributed by atoms with van der Waals surface area (Å²) >= 11 is 0. The molecule has 1 unspecified atom stereocenters. The smallest absolute Gasteiger partial charge is 0.232 e. The second-order valence-electron chi connectivity index (χ2n) is 4.49. The number of halogens is 1. The second-order valence-corrected chi connectivity index (χ2v) is 7.31. The van der Waals surface area contributed by atoms with Crippen molar-refractivity contribution in [2.45, 2.75) is 27.2 Å². The Morgan fingerprint density at radius 3 is 2.56 bits per heavy atom. The first-order valence-electron chi connectivity index (χ1n) is 5.94. The molecule has 1 atom stereocenters. The summed E-state index contributed by atoms with van der Waals surface area (Å²) in [4.78, 5) is 0. The van der Waals surface area contributed by atoms with Gasteiger partial charge in [-0.05, 0) is 37.5 Å². The lowest BCUT2D eigenvalue weighted by Gasteiger charge is -2.16. The molecule has 102 valence electrons. The van der Waals surface area contributed by atoms with E-state index in [0.29, 0.717) is 6.61 Å². The predicted octanol–water partition coefficient (Wildman–Crippen LogP) is 3.28. The highest BCUT2D eigenvalue weighted by Crippen LogP contribution is 2.22. The molecule has 0 bridgehead atoms. The van der Waals surface area contributed by atoms with Gasteiger partial charge in [0, 0.05) is 16.6 Å². The number of hydrogen-bond donors (Lipinski definition) is 0. The quantitative estimate of drug-likeness (QED) is 0.755. The van der Waals surface area contributed by atoms with Gasteiger partial charge in [-0.15, -0.1) is 0 Å². The topological polar surface area (TPSA) is 43.4 Å². The van der Waals surface area contributed by atoms with Crippen molar-refractivity contribution < 1.29 is 13.2 Å². The van der Waals surface area contributed by atoms with Crippen molar-refractivity contribution >= 4 is 19.7 Å². The fourth-order valence-corrected chi connectivity index (χ4v) is 3.08. The zero-order valence-electron chi connectivity index (χ0n) is 10.9. The molecule has 18 heavy (non-hydrogen) atoms. The van der Waals surface area contributed by atoms with Crippen molar-refractivity contribution in [1.82, 2.24) is 0 Å². The van der Waals surface area contributed by atoms with Gasteiger partial charge >= 0.3 is 0 Å². The van der Waals surface area contributed by atoms with Gasteiger partial charge in [0.25, 0.3) is 0 Å². The minimum Gasteiger partial charge on any atom is -0.493 e. The molecule has 0 radical (unpaired) electrons. The molecule has 0 aliphatic heterocycles. The second kappa shape index (κ2) is 6.43. The van der Waals surface area contributed by atoms with Gasteiger partial charge in [-0.1, -0.05) is 19.1 Å². The largest absolute Gasteiger partial charge is 0.493 e. The van der Waals surface area contributed by atoms with Gasteiger partial charge in [-0.2, -0.15) is 0 Å². The number of benzene rings is 1. The van der Waals surface area contributed by atoms with E-state index in [9.17, 15) is 8.42 Å². The van der Waals surface area contributed by atoms with Crippen molar-refractivity contribution in [3.8, 4) is 5.75 Å². The van der Waals surface area contributed by atoms with Gasteiger partial charge in [0.1, 0.15) is 5.75 Å². The van der Waals surface area contributed by atoms with Gasteiger partial charge in [0.15, 0.2) is 0 Å². The van der Waals surface area contributed by atoms with Crippen LogP contribution >= 0.6 is 10.7 Å². The fourth-order valence-electron chi connectivity index (χ4n) is 1.65. The van der Waals surface area contributed by atoms with Gasteiger partial charge in [0.05, 0.1) is 12.4 Å². The highest BCUT2D eigenvalue weighted by atomic mass is 35.7. The van der Waals surface area contributed by atoms with Crippen LogP contribution in [0, 0.1) is 19.8 Å². The maximum Gasteiger partial charge on any atom is 0.232 e. The molecule has 0 aliphatic carbocycles. The summed E-state index contributed by atoms with van der Waals surface area (Å²) < 4.78 is 27.8. The van der Waals surface area contributed by atoms with Crippen molar-refractivity contribution in [2.24, 2.45) is 5.92 Å². The molecule has 0 amide bonds. The molecule has 0 aromatic heterocycles. The predicted molar refractivity (Wildman–Crippen MR) is 74.8 cm³/mol. The molecule has 1 aromatic rings. The number of hydrogen-bond acceptors (Lipinski definition) is 3. The van der Waals surface area contributed by atoms with E-state index in [2.05, 4.69) is 0 Å². The molecular weight excluding hydrogens is 272 g/mol. The summed E-state index contributed by atoms with van der Waals surface area (Å²) in [7, 11) is 1.80. The summed E-state index contributed by atoms with van der Waals surface area (Å²) in [6, 6.07) is 5.84. The van der Waals surface area contributed by atoms with E-state index in [0.717, 1.165) is 23.3 Å². The molecule has 5 heteroatoms. The Hall–Kier alpha value is -0.740. The molecule has 1 aromatic carbocycles. The fraction of sp³-hybridized carbons (Fsp3) is 0.538. The maximum atomic E-state index is 11.0. The van der Waals surface area contributed by atoms with E-state index < -0.39 is 9.05 Å². The van der Waals surface area contributed by atoms with Crippen LogP contribution in [-0.4, -0.2) is 20.8 Å². The van der Waals surface area contributed by atoms with Gasteiger partial charge in [-0.25, -0.2) is 8.42 Å². The minimum absolute atomic E-state index is 0.0457. The van der Waals surface area contributed by atoms with Crippen LogP contribution in [0.3, 0.4) is 0 Å². The van der Waals surface area contributed by atoms with E-state index in [1.165, 1.54) is 0 Å². The molecule has 0 heterocycles. The number of rotatable bonds is 6. The van der Waals surface area contributed by atoms with E-state index in [-0.39, 0.29) is 11.7 Å². The molecule has 0 fully saturated rings. The molecule has 0 saturated heterocycles. The molecule has 0 N–H and O–H groups in total. The lowest BCUT2D eigenvalue weighted by atomic mass is 10.1. The lowest BCUT2D eigenvalue weighted by molar-refractivity contribution is 0.256. The Morgan fingerprint density at radius 2 is 2.00 bits per heavy atom. The summed E-state index contributed by atoms with van der Waals surface area (Å²) in [5.74, 6) is 0.684. The first kappa shape index (κ1) is 15.3. The SMILES string of the molecule is CCC(COc1cccc(C)c1C)CS(=O)(=O)Cl. The van der Waals surface area contributed by atoms with Crippen LogP contribution in [0.25, 0.3) is 0 Å². The van der Waals surface area contributed by atoms with Gasteiger partial charge in [0.2, 0.25) is 9.05 Å². The highest BCUT2D eigenvalue weighted by Gasteiger charge is 2.16. The zero-order valence-corrected chi connectivity index (χ0v) is 12.5. The van der Waals surface area contributed by atoms with Crippen LogP contribution in [0.2, 0.25) is 0 Å². The average molecular weight is 291 g/mol. The molecule has 0 saturated carbocycles. The first-order valence-corrected chi connectivity index (χ1v) is 8.42. The summed E-state index contributed by atoms with van der Waals surface area (Å²) in [6.07, 6.45) is 0.719. The molecular formula is C13H19ClO3S. The highest BCUT2D eigenvalue weighted by molar-refractivity contribution is 8.13. The summed E-state index contributed by atoms with van der Waals surface area (Å²) in [6.45, 7) is 6.30. The summed E-state index contributed by atoms with van der Waals surface area (Å²) in [5.41, 5.74) is 2.24. The number of ether oxygens (including phenoxy) is 1. The van der Waals surface area contributed by atoms with E-state index in [1.807, 2.05) is 39.0 Å². The third-order valence-corrected chi connectivity index (χ3v) is 4.29. The Morgan fingerprint density at radius 1 is 1.33 bits per heavy atom. The number of aryl methyl sites for hydroxylation is 1. The van der Waals surface area contributed by atoms with Crippen molar-refractivity contribution in [2.75, 3.05) is 12.4 Å². The van der Waals surface area contributed by atoms with Crippen LogP contribution in [0.15, 0.2) is 18.2 Å². The van der Waals surface area contributed by atoms with Crippen LogP contribution < -0.4 is 4.74 Å². The third kappa shape index (κ3) is 4.86. The third-order valence-electron chi connectivity index (χ3n) is 3.04. The molecule has 0 spiro atoms. The van der Waals surface area contributed by atoms with Gasteiger partial charge < -0.3 is 4.74 Å². The lowest BCUT2D eigenvalue weighted by Crippen LogP contribution is -2.19. The summed E-state index contributed by atoms with van der Waals surface area (Å²) in [5, 5.41) is 0. The van der Waals surface area contributed by atoms with Crippen LogP contribution in [-0.2, 0) is 9.05 Å². The average Bonchev–Trinajstić information content (AvgIpc) is 2.27. The maximum absolute atomic E-state index is 11.0. The molecule has 3 nitrogen and oxygen atoms in total. The van der Waals surface area contributed by atoms with E-state index in [1.54, 1.807) is 0 Å². The monoisotopic (exact) mass is 290 g/mol. The normalized spacial score (nSPS) is 13.3. The molecule has 0 aliphatic rings. The van der Waals surface area contributed by atoms with E-state index in [4.69, 9.17) is 15.4 Å². The van der Waals surface area contributed by atoms with Crippen LogP contribution in [0.1, 0.15) is 24.5 Å². The Bertz CT molecular complexity index is 497. The van der Waals surface area contributed by atoms with Crippen LogP contribution in [0.4, 0.5) is 0 Å². The van der Waals surface area contributed by atoms with Crippen molar-refractivity contribution in [3.63, 3.8) is 0 Å². The Kier molecular flexibility index (Phi) is 5.47. The molecule has 1 rings (SSSR count). The standard InChI is InChI=1S/C13H19ClO3S/c1-4-12(9-18(14,15)16)8-17-13-7-5-6-10(2)11(13)3/h5-7,12H,4,8-9H2,1-3H3. The van der Waals surface area contributed by atoms with E-state index >= 15 is 0 Å². The zero-order chi connectivity index (χ0) is 13.8. The van der Waals surface area contributed by atoms with Crippen LogP contribution in [0.5, 0.6) is 5.75 Å². The Labute approximate surface area is 114 Å². The first-order chi connectivity index (χ1) is 8.33. The Balaban J connectivity index is 2.66. The van der Waals surface area contributed by atoms with Crippen molar-refractivity contribution in [3.05, 3.63) is 29.3 Å².